The summed E-state index contributed by atoms with van der Waals surface area (Å²) in [5, 5.41) is 9.00. The number of furan rings is 1. The quantitative estimate of drug-likeness (QED) is 0.866. The van der Waals surface area contributed by atoms with Gasteiger partial charge in [-0.1, -0.05) is 0 Å². The largest absolute Gasteiger partial charge is 0.470 e. The fraction of sp³-hybridized carbons (Fsp3) is 0.312. The molecule has 6 nitrogen and oxygen atoms in total. The molecule has 0 aromatic carbocycles. The van der Waals surface area contributed by atoms with Crippen molar-refractivity contribution >= 4 is 5.91 Å². The van der Waals surface area contributed by atoms with Crippen molar-refractivity contribution in [3.8, 4) is 11.9 Å². The normalized spacial score (nSPS) is 14.3. The number of pyridine rings is 1. The van der Waals surface area contributed by atoms with Crippen LogP contribution in [0, 0.1) is 25.2 Å². The minimum Gasteiger partial charge on any atom is -0.470 e. The molecular formula is C16H15N3O3. The van der Waals surface area contributed by atoms with Crippen molar-refractivity contribution in [2.24, 2.45) is 0 Å². The first-order valence-corrected chi connectivity index (χ1v) is 6.96. The maximum atomic E-state index is 12.3. The Bertz CT molecular complexity index is 754. The van der Waals surface area contributed by atoms with Crippen LogP contribution in [0.15, 0.2) is 28.8 Å². The molecule has 1 aliphatic rings. The summed E-state index contributed by atoms with van der Waals surface area (Å²) >= 11 is 0. The van der Waals surface area contributed by atoms with Gasteiger partial charge in [0.05, 0.1) is 18.7 Å². The molecule has 0 bridgehead atoms. The van der Waals surface area contributed by atoms with Gasteiger partial charge in [0.15, 0.2) is 0 Å². The molecule has 0 N–H and O–H groups in total. The van der Waals surface area contributed by atoms with Crippen LogP contribution in [-0.2, 0) is 0 Å². The number of hydrogen-bond acceptors (Lipinski definition) is 5. The summed E-state index contributed by atoms with van der Waals surface area (Å²) in [4.78, 5) is 18.1. The summed E-state index contributed by atoms with van der Waals surface area (Å²) < 4.78 is 11.1. The van der Waals surface area contributed by atoms with Crippen molar-refractivity contribution in [3.63, 3.8) is 0 Å². The minimum absolute atomic E-state index is 0.0595. The Balaban J connectivity index is 1.62. The number of aromatic nitrogens is 1. The van der Waals surface area contributed by atoms with E-state index < -0.39 is 0 Å². The molecule has 1 amide bonds. The SMILES string of the molecule is Cc1cc(C(=O)N2CC(Oc3ncccc3C#N)C2)c(C)o1. The monoisotopic (exact) mass is 297 g/mol. The van der Waals surface area contributed by atoms with E-state index in [9.17, 15) is 4.79 Å². The summed E-state index contributed by atoms with van der Waals surface area (Å²) in [5.41, 5.74) is 0.986. The van der Waals surface area contributed by atoms with Crippen LogP contribution in [-0.4, -0.2) is 35.0 Å². The second kappa shape index (κ2) is 5.53. The van der Waals surface area contributed by atoms with Crippen molar-refractivity contribution in [1.29, 1.82) is 5.26 Å². The molecule has 0 atom stereocenters. The van der Waals surface area contributed by atoms with E-state index in [0.29, 0.717) is 35.9 Å². The molecule has 1 saturated heterocycles. The molecule has 22 heavy (non-hydrogen) atoms. The van der Waals surface area contributed by atoms with Gasteiger partial charge in [-0.3, -0.25) is 4.79 Å². The number of carbonyl (C=O) groups excluding carboxylic acids is 1. The molecule has 1 aliphatic heterocycles. The molecule has 0 aliphatic carbocycles. The highest BCUT2D eigenvalue weighted by atomic mass is 16.5. The number of likely N-dealkylation sites (tertiary alicyclic amines) is 1. The van der Waals surface area contributed by atoms with Gasteiger partial charge in [-0.15, -0.1) is 0 Å². The molecule has 1 fully saturated rings. The van der Waals surface area contributed by atoms with E-state index in [-0.39, 0.29) is 12.0 Å². The van der Waals surface area contributed by atoms with E-state index in [4.69, 9.17) is 14.4 Å². The first kappa shape index (κ1) is 14.1. The van der Waals surface area contributed by atoms with Gasteiger partial charge in [0, 0.05) is 6.20 Å². The van der Waals surface area contributed by atoms with Crippen LogP contribution in [0.2, 0.25) is 0 Å². The van der Waals surface area contributed by atoms with Gasteiger partial charge >= 0.3 is 0 Å². The summed E-state index contributed by atoms with van der Waals surface area (Å²) in [6.45, 7) is 4.55. The predicted octanol–water partition coefficient (Wildman–Crippen LogP) is 2.07. The average molecular weight is 297 g/mol. The lowest BCUT2D eigenvalue weighted by Crippen LogP contribution is -2.56. The number of carbonyl (C=O) groups is 1. The topological polar surface area (TPSA) is 79.4 Å². The first-order valence-electron chi connectivity index (χ1n) is 6.96. The third-order valence-electron chi connectivity index (χ3n) is 3.58. The van der Waals surface area contributed by atoms with Gasteiger partial charge in [-0.05, 0) is 32.0 Å². The van der Waals surface area contributed by atoms with Crippen LogP contribution < -0.4 is 4.74 Å². The van der Waals surface area contributed by atoms with Gasteiger partial charge in [0.1, 0.15) is 29.3 Å². The van der Waals surface area contributed by atoms with Gasteiger partial charge in [0.25, 0.3) is 5.91 Å². The van der Waals surface area contributed by atoms with Crippen molar-refractivity contribution < 1.29 is 13.9 Å². The average Bonchev–Trinajstić information content (AvgIpc) is 2.81. The molecule has 2 aromatic rings. The Morgan fingerprint density at radius 1 is 1.50 bits per heavy atom. The lowest BCUT2D eigenvalue weighted by atomic mass is 10.1. The Morgan fingerprint density at radius 2 is 2.27 bits per heavy atom. The lowest BCUT2D eigenvalue weighted by Gasteiger charge is -2.38. The van der Waals surface area contributed by atoms with Gasteiger partial charge < -0.3 is 14.1 Å². The van der Waals surface area contributed by atoms with E-state index in [1.54, 1.807) is 36.2 Å². The van der Waals surface area contributed by atoms with E-state index in [2.05, 4.69) is 4.98 Å². The van der Waals surface area contributed by atoms with E-state index in [1.165, 1.54) is 0 Å². The summed E-state index contributed by atoms with van der Waals surface area (Å²) in [6.07, 6.45) is 1.44. The van der Waals surface area contributed by atoms with Crippen molar-refractivity contribution in [2.75, 3.05) is 13.1 Å². The number of ether oxygens (including phenoxy) is 1. The second-order valence-electron chi connectivity index (χ2n) is 5.24. The van der Waals surface area contributed by atoms with Crippen LogP contribution in [0.3, 0.4) is 0 Å². The summed E-state index contributed by atoms with van der Waals surface area (Å²) in [5.74, 6) is 1.61. The smallest absolute Gasteiger partial charge is 0.257 e. The minimum atomic E-state index is -0.140. The van der Waals surface area contributed by atoms with E-state index >= 15 is 0 Å². The maximum Gasteiger partial charge on any atom is 0.257 e. The lowest BCUT2D eigenvalue weighted by molar-refractivity contribution is 0.0157. The van der Waals surface area contributed by atoms with E-state index in [0.717, 1.165) is 5.76 Å². The van der Waals surface area contributed by atoms with Crippen LogP contribution in [0.4, 0.5) is 0 Å². The van der Waals surface area contributed by atoms with Gasteiger partial charge in [-0.25, -0.2) is 4.98 Å². The molecule has 0 saturated carbocycles. The van der Waals surface area contributed by atoms with Crippen LogP contribution in [0.1, 0.15) is 27.4 Å². The zero-order valence-corrected chi connectivity index (χ0v) is 12.4. The Labute approximate surface area is 127 Å². The first-order chi connectivity index (χ1) is 10.6. The number of amides is 1. The molecule has 112 valence electrons. The zero-order valence-electron chi connectivity index (χ0n) is 12.4. The van der Waals surface area contributed by atoms with Crippen LogP contribution >= 0.6 is 0 Å². The maximum absolute atomic E-state index is 12.3. The Morgan fingerprint density at radius 3 is 2.91 bits per heavy atom. The summed E-state index contributed by atoms with van der Waals surface area (Å²) in [6, 6.07) is 7.13. The number of rotatable bonds is 3. The van der Waals surface area contributed by atoms with E-state index in [1.807, 2.05) is 13.0 Å². The van der Waals surface area contributed by atoms with Crippen LogP contribution in [0.25, 0.3) is 0 Å². The van der Waals surface area contributed by atoms with Gasteiger partial charge in [0.2, 0.25) is 5.88 Å². The molecule has 0 spiro atoms. The Kier molecular flexibility index (Phi) is 3.55. The van der Waals surface area contributed by atoms with Crippen molar-refractivity contribution in [3.05, 3.63) is 47.0 Å². The third-order valence-corrected chi connectivity index (χ3v) is 3.58. The van der Waals surface area contributed by atoms with Gasteiger partial charge in [-0.2, -0.15) is 5.26 Å². The highest BCUT2D eigenvalue weighted by Crippen LogP contribution is 2.23. The molecule has 2 aromatic heterocycles. The molecule has 3 rings (SSSR count). The number of nitrogens with zero attached hydrogens (tertiary/aromatic N) is 3. The molecule has 6 heteroatoms. The second-order valence-corrected chi connectivity index (χ2v) is 5.24. The van der Waals surface area contributed by atoms with Crippen molar-refractivity contribution in [2.45, 2.75) is 20.0 Å². The fourth-order valence-corrected chi connectivity index (χ4v) is 2.42. The molecular weight excluding hydrogens is 282 g/mol. The van der Waals surface area contributed by atoms with Crippen LogP contribution in [0.5, 0.6) is 5.88 Å². The number of hydrogen-bond donors (Lipinski definition) is 0. The number of aryl methyl sites for hydroxylation is 2. The highest BCUT2D eigenvalue weighted by molar-refractivity contribution is 5.95. The fourth-order valence-electron chi connectivity index (χ4n) is 2.42. The Hall–Kier alpha value is -2.81. The van der Waals surface area contributed by atoms with Crippen molar-refractivity contribution in [1.82, 2.24) is 9.88 Å². The predicted molar refractivity (Wildman–Crippen MR) is 77.5 cm³/mol. The summed E-state index contributed by atoms with van der Waals surface area (Å²) in [7, 11) is 0. The highest BCUT2D eigenvalue weighted by Gasteiger charge is 2.34. The third kappa shape index (κ3) is 2.53. The molecule has 3 heterocycles. The number of nitriles is 1. The standard InChI is InChI=1S/C16H15N3O3/c1-10-6-14(11(2)21-10)16(20)19-8-13(9-19)22-15-12(7-17)4-3-5-18-15/h3-6,13H,8-9H2,1-2H3. The zero-order chi connectivity index (χ0) is 15.7. The molecule has 0 radical (unpaired) electrons. The molecule has 0 unspecified atom stereocenters.